The van der Waals surface area contributed by atoms with E-state index in [1.807, 2.05) is 79.7 Å². The van der Waals surface area contributed by atoms with Crippen LogP contribution in [0.1, 0.15) is 24.8 Å². The molecule has 2 N–H and O–H groups in total. The number of aromatic amines is 1. The highest BCUT2D eigenvalue weighted by Gasteiger charge is 2.20. The first-order valence-electron chi connectivity index (χ1n) is 9.68. The van der Waals surface area contributed by atoms with Crippen LogP contribution in [-0.4, -0.2) is 23.2 Å². The number of nitrogens with zero attached hydrogens (tertiary/aromatic N) is 1. The smallest absolute Gasteiger partial charge is 0.233 e. The van der Waals surface area contributed by atoms with Crippen molar-refractivity contribution >= 4 is 22.6 Å². The van der Waals surface area contributed by atoms with Gasteiger partial charge in [-0.2, -0.15) is 5.10 Å². The van der Waals surface area contributed by atoms with Crippen LogP contribution in [0.25, 0.3) is 22.0 Å². The third-order valence-electron chi connectivity index (χ3n) is 5.13. The molecule has 0 spiro atoms. The van der Waals surface area contributed by atoms with Gasteiger partial charge in [-0.3, -0.25) is 9.89 Å². The molecule has 0 aliphatic rings. The summed E-state index contributed by atoms with van der Waals surface area (Å²) in [7, 11) is 1.66. The minimum absolute atomic E-state index is 0.0519. The quantitative estimate of drug-likeness (QED) is 0.469. The van der Waals surface area contributed by atoms with Crippen LogP contribution < -0.4 is 10.1 Å². The Kier molecular flexibility index (Phi) is 5.29. The van der Waals surface area contributed by atoms with E-state index in [1.165, 1.54) is 0 Å². The number of methoxy groups -OCH3 is 1. The van der Waals surface area contributed by atoms with Crippen molar-refractivity contribution in [1.82, 2.24) is 10.2 Å². The minimum Gasteiger partial charge on any atom is -0.497 e. The standard InChI is InChI=1S/C24H23N3O2/c1-3-20(16-8-5-4-6-9-16)24(28)25-23-21-13-12-18(15-22(21)26-27-23)17-10-7-11-19(14-17)29-2/h4-15,20H,3H2,1-2H3,(H2,25,26,27,28). The number of rotatable bonds is 6. The Morgan fingerprint density at radius 1 is 1.03 bits per heavy atom. The summed E-state index contributed by atoms with van der Waals surface area (Å²) < 4.78 is 5.31. The van der Waals surface area contributed by atoms with Crippen LogP contribution in [-0.2, 0) is 4.79 Å². The van der Waals surface area contributed by atoms with Crippen molar-refractivity contribution in [3.8, 4) is 16.9 Å². The lowest BCUT2D eigenvalue weighted by Gasteiger charge is -2.14. The van der Waals surface area contributed by atoms with E-state index >= 15 is 0 Å². The van der Waals surface area contributed by atoms with E-state index in [9.17, 15) is 4.79 Å². The highest BCUT2D eigenvalue weighted by molar-refractivity contribution is 6.02. The van der Waals surface area contributed by atoms with Gasteiger partial charge in [0.1, 0.15) is 5.75 Å². The number of aromatic nitrogens is 2. The van der Waals surface area contributed by atoms with Gasteiger partial charge in [0.15, 0.2) is 5.82 Å². The van der Waals surface area contributed by atoms with E-state index < -0.39 is 0 Å². The Morgan fingerprint density at radius 3 is 2.59 bits per heavy atom. The summed E-state index contributed by atoms with van der Waals surface area (Å²) in [5.74, 6) is 1.10. The summed E-state index contributed by atoms with van der Waals surface area (Å²) in [6, 6.07) is 23.8. The van der Waals surface area contributed by atoms with Gasteiger partial charge >= 0.3 is 0 Å². The first-order valence-corrected chi connectivity index (χ1v) is 9.68. The van der Waals surface area contributed by atoms with E-state index in [0.29, 0.717) is 5.82 Å². The Morgan fingerprint density at radius 2 is 1.83 bits per heavy atom. The topological polar surface area (TPSA) is 67.0 Å². The van der Waals surface area contributed by atoms with Crippen LogP contribution in [0.15, 0.2) is 72.8 Å². The van der Waals surface area contributed by atoms with Crippen molar-refractivity contribution in [2.75, 3.05) is 12.4 Å². The number of fused-ring (bicyclic) bond motifs is 1. The van der Waals surface area contributed by atoms with Gasteiger partial charge in [-0.1, -0.05) is 55.5 Å². The summed E-state index contributed by atoms with van der Waals surface area (Å²) in [5, 5.41) is 11.2. The molecule has 1 atom stereocenters. The van der Waals surface area contributed by atoms with Gasteiger partial charge < -0.3 is 10.1 Å². The lowest BCUT2D eigenvalue weighted by molar-refractivity contribution is -0.117. The van der Waals surface area contributed by atoms with Crippen LogP contribution in [0, 0.1) is 0 Å². The Bertz CT molecular complexity index is 1140. The number of amides is 1. The average molecular weight is 385 g/mol. The highest BCUT2D eigenvalue weighted by atomic mass is 16.5. The molecule has 1 aromatic heterocycles. The molecule has 3 aromatic carbocycles. The van der Waals surface area contributed by atoms with Gasteiger partial charge in [0, 0.05) is 5.39 Å². The zero-order chi connectivity index (χ0) is 20.2. The molecule has 0 radical (unpaired) electrons. The van der Waals surface area contributed by atoms with E-state index in [2.05, 4.69) is 15.5 Å². The van der Waals surface area contributed by atoms with Crippen LogP contribution in [0.3, 0.4) is 0 Å². The first-order chi connectivity index (χ1) is 14.2. The molecule has 1 unspecified atom stereocenters. The lowest BCUT2D eigenvalue weighted by Crippen LogP contribution is -2.21. The van der Waals surface area contributed by atoms with Crippen molar-refractivity contribution in [3.63, 3.8) is 0 Å². The maximum atomic E-state index is 12.9. The monoisotopic (exact) mass is 385 g/mol. The molecule has 0 aliphatic carbocycles. The van der Waals surface area contributed by atoms with Crippen molar-refractivity contribution in [3.05, 3.63) is 78.4 Å². The van der Waals surface area contributed by atoms with Gasteiger partial charge in [0.05, 0.1) is 18.5 Å². The molecule has 0 saturated heterocycles. The molecule has 5 heteroatoms. The highest BCUT2D eigenvalue weighted by Crippen LogP contribution is 2.30. The van der Waals surface area contributed by atoms with Gasteiger partial charge in [-0.15, -0.1) is 0 Å². The molecular weight excluding hydrogens is 362 g/mol. The van der Waals surface area contributed by atoms with Crippen molar-refractivity contribution in [2.45, 2.75) is 19.3 Å². The number of benzene rings is 3. The van der Waals surface area contributed by atoms with Gasteiger partial charge in [-0.05, 0) is 47.4 Å². The number of anilines is 1. The minimum atomic E-state index is -0.209. The summed E-state index contributed by atoms with van der Waals surface area (Å²) in [6.45, 7) is 2.01. The summed E-state index contributed by atoms with van der Waals surface area (Å²) in [4.78, 5) is 12.9. The third-order valence-corrected chi connectivity index (χ3v) is 5.13. The lowest BCUT2D eigenvalue weighted by atomic mass is 9.95. The van der Waals surface area contributed by atoms with Gasteiger partial charge in [-0.25, -0.2) is 0 Å². The fraction of sp³-hybridized carbons (Fsp3) is 0.167. The molecule has 1 amide bonds. The van der Waals surface area contributed by atoms with E-state index in [1.54, 1.807) is 7.11 Å². The summed E-state index contributed by atoms with van der Waals surface area (Å²) in [5.41, 5.74) is 3.98. The molecule has 5 nitrogen and oxygen atoms in total. The van der Waals surface area contributed by atoms with E-state index in [4.69, 9.17) is 4.74 Å². The fourth-order valence-corrected chi connectivity index (χ4v) is 3.56. The van der Waals surface area contributed by atoms with Crippen LogP contribution >= 0.6 is 0 Å². The Labute approximate surface area is 169 Å². The molecule has 4 aromatic rings. The summed E-state index contributed by atoms with van der Waals surface area (Å²) in [6.07, 6.45) is 0.720. The molecule has 0 saturated carbocycles. The second-order valence-electron chi connectivity index (χ2n) is 6.93. The Balaban J connectivity index is 1.60. The van der Waals surface area contributed by atoms with Crippen LogP contribution in [0.5, 0.6) is 5.75 Å². The number of H-pyrrole nitrogens is 1. The normalized spacial score (nSPS) is 11.9. The largest absolute Gasteiger partial charge is 0.497 e. The molecule has 1 heterocycles. The number of ether oxygens (including phenoxy) is 1. The molecule has 0 bridgehead atoms. The van der Waals surface area contributed by atoms with Crippen LogP contribution in [0.2, 0.25) is 0 Å². The van der Waals surface area contributed by atoms with E-state index in [-0.39, 0.29) is 11.8 Å². The maximum absolute atomic E-state index is 12.9. The number of hydrogen-bond donors (Lipinski definition) is 2. The molecule has 29 heavy (non-hydrogen) atoms. The molecule has 0 fully saturated rings. The average Bonchev–Trinajstić information content (AvgIpc) is 3.17. The van der Waals surface area contributed by atoms with Crippen molar-refractivity contribution in [2.24, 2.45) is 0 Å². The number of carbonyl (C=O) groups excluding carboxylic acids is 1. The maximum Gasteiger partial charge on any atom is 0.233 e. The molecular formula is C24H23N3O2. The Hall–Kier alpha value is -3.60. The number of hydrogen-bond acceptors (Lipinski definition) is 3. The van der Waals surface area contributed by atoms with Gasteiger partial charge in [0.25, 0.3) is 0 Å². The second-order valence-corrected chi connectivity index (χ2v) is 6.93. The molecule has 146 valence electrons. The van der Waals surface area contributed by atoms with Crippen LogP contribution in [0.4, 0.5) is 5.82 Å². The summed E-state index contributed by atoms with van der Waals surface area (Å²) >= 11 is 0. The van der Waals surface area contributed by atoms with E-state index in [0.717, 1.165) is 39.8 Å². The number of carbonyl (C=O) groups is 1. The molecule has 0 aliphatic heterocycles. The third kappa shape index (κ3) is 3.85. The molecule has 4 rings (SSSR count). The zero-order valence-electron chi connectivity index (χ0n) is 16.5. The SMILES string of the molecule is CCC(C(=O)Nc1n[nH]c2cc(-c3cccc(OC)c3)ccc12)c1ccccc1. The first kappa shape index (κ1) is 18.7. The predicted octanol–water partition coefficient (Wildman–Crippen LogP) is 5.37. The zero-order valence-corrected chi connectivity index (χ0v) is 16.5. The fourth-order valence-electron chi connectivity index (χ4n) is 3.56. The second kappa shape index (κ2) is 8.19. The predicted molar refractivity (Wildman–Crippen MR) is 116 cm³/mol. The van der Waals surface area contributed by atoms with Crippen molar-refractivity contribution < 1.29 is 9.53 Å². The van der Waals surface area contributed by atoms with Crippen molar-refractivity contribution in [1.29, 1.82) is 0 Å². The van der Waals surface area contributed by atoms with Gasteiger partial charge in [0.2, 0.25) is 5.91 Å². The number of nitrogens with one attached hydrogen (secondary N) is 2.